The highest BCUT2D eigenvalue weighted by Gasteiger charge is 2.31. The molecule has 0 aliphatic heterocycles. The predicted molar refractivity (Wildman–Crippen MR) is 103 cm³/mol. The molecule has 164 valence electrons. The van der Waals surface area contributed by atoms with Crippen LogP contribution in [0.25, 0.3) is 5.82 Å². The lowest BCUT2D eigenvalue weighted by molar-refractivity contribution is -0.274. The van der Waals surface area contributed by atoms with Gasteiger partial charge in [0.25, 0.3) is 5.91 Å². The summed E-state index contributed by atoms with van der Waals surface area (Å²) in [5.74, 6) is -0.703. The monoisotopic (exact) mass is 501 g/mol. The van der Waals surface area contributed by atoms with Crippen molar-refractivity contribution in [3.8, 4) is 11.6 Å². The number of aliphatic hydroxyl groups excluding tert-OH is 1. The van der Waals surface area contributed by atoms with Crippen LogP contribution in [0.3, 0.4) is 0 Å². The summed E-state index contributed by atoms with van der Waals surface area (Å²) in [5, 5.41) is 16.2. The number of nitrogens with zero attached hydrogens (tertiary/aromatic N) is 5. The second-order valence-corrected chi connectivity index (χ2v) is 7.11. The maximum absolute atomic E-state index is 12.6. The van der Waals surface area contributed by atoms with Crippen LogP contribution in [0.2, 0.25) is 0 Å². The van der Waals surface area contributed by atoms with Gasteiger partial charge in [-0.05, 0) is 25.1 Å². The smallest absolute Gasteiger partial charge is 0.406 e. The number of hydrogen-bond donors (Lipinski definition) is 3. The minimum Gasteiger partial charge on any atom is -0.406 e. The molecule has 3 aromatic rings. The summed E-state index contributed by atoms with van der Waals surface area (Å²) in [6.07, 6.45) is -3.81. The van der Waals surface area contributed by atoms with Crippen LogP contribution < -0.4 is 15.8 Å². The standard InChI is InChI=1S/C17H15BrF3N7O3/c1-8(15-25-7-26-28(15)13-5-12(14(22)29)23-6-24-13)27-16(30)9-2-10(18)4-11(3-9)31-17(19,20)21/h2-8,14,29H,22H2,1H3,(H,27,30)/t8-,14?/m0/s1. The maximum atomic E-state index is 12.6. The van der Waals surface area contributed by atoms with Gasteiger partial charge in [-0.2, -0.15) is 9.78 Å². The van der Waals surface area contributed by atoms with Gasteiger partial charge < -0.3 is 20.9 Å². The van der Waals surface area contributed by atoms with Crippen molar-refractivity contribution in [2.75, 3.05) is 0 Å². The van der Waals surface area contributed by atoms with Crippen molar-refractivity contribution in [2.24, 2.45) is 5.73 Å². The fourth-order valence-corrected chi connectivity index (χ4v) is 3.06. The number of aromatic nitrogens is 5. The largest absolute Gasteiger partial charge is 0.573 e. The Labute approximate surface area is 181 Å². The van der Waals surface area contributed by atoms with Gasteiger partial charge >= 0.3 is 6.36 Å². The molecule has 3 rings (SSSR count). The Hall–Kier alpha value is -3.10. The number of ether oxygens (including phenoxy) is 1. The normalized spacial score (nSPS) is 13.5. The maximum Gasteiger partial charge on any atom is 0.573 e. The summed E-state index contributed by atoms with van der Waals surface area (Å²) in [6.45, 7) is 1.60. The molecule has 0 bridgehead atoms. The van der Waals surface area contributed by atoms with Crippen LogP contribution in [-0.4, -0.2) is 42.1 Å². The van der Waals surface area contributed by atoms with Gasteiger partial charge in [0.05, 0.1) is 11.7 Å². The number of carbonyl (C=O) groups is 1. The Morgan fingerprint density at radius 1 is 1.23 bits per heavy atom. The number of amides is 1. The van der Waals surface area contributed by atoms with Crippen LogP contribution in [0.1, 0.15) is 41.1 Å². The molecule has 0 aliphatic carbocycles. The number of alkyl halides is 3. The van der Waals surface area contributed by atoms with Crippen LogP contribution in [-0.2, 0) is 0 Å². The summed E-state index contributed by atoms with van der Waals surface area (Å²) in [4.78, 5) is 24.6. The summed E-state index contributed by atoms with van der Waals surface area (Å²) >= 11 is 3.06. The third-order valence-corrected chi connectivity index (χ3v) is 4.33. The Bertz CT molecular complexity index is 1090. The molecule has 4 N–H and O–H groups in total. The lowest BCUT2D eigenvalue weighted by atomic mass is 10.2. The van der Waals surface area contributed by atoms with E-state index in [1.165, 1.54) is 29.5 Å². The molecule has 2 aromatic heterocycles. The number of rotatable bonds is 6. The quantitative estimate of drug-likeness (QED) is 0.436. The molecule has 10 nitrogen and oxygen atoms in total. The summed E-state index contributed by atoms with van der Waals surface area (Å²) in [6, 6.07) is 4.07. The first-order valence-electron chi connectivity index (χ1n) is 8.56. The van der Waals surface area contributed by atoms with Crippen molar-refractivity contribution in [2.45, 2.75) is 25.6 Å². The lowest BCUT2D eigenvalue weighted by Gasteiger charge is -2.16. The van der Waals surface area contributed by atoms with Crippen LogP contribution in [0.15, 0.2) is 41.4 Å². The van der Waals surface area contributed by atoms with E-state index in [-0.39, 0.29) is 27.4 Å². The molecular formula is C17H15BrF3N7O3. The SMILES string of the molecule is C[C@H](NC(=O)c1cc(Br)cc(OC(F)(F)F)c1)c1ncnn1-c1cc(C(N)O)ncn1. The van der Waals surface area contributed by atoms with E-state index in [1.807, 2.05) is 0 Å². The zero-order valence-electron chi connectivity index (χ0n) is 15.7. The van der Waals surface area contributed by atoms with Crippen molar-refractivity contribution < 1.29 is 27.8 Å². The zero-order valence-corrected chi connectivity index (χ0v) is 17.3. The van der Waals surface area contributed by atoms with Crippen molar-refractivity contribution in [3.63, 3.8) is 0 Å². The van der Waals surface area contributed by atoms with E-state index in [0.717, 1.165) is 12.1 Å². The number of halogens is 4. The zero-order chi connectivity index (χ0) is 22.8. The van der Waals surface area contributed by atoms with E-state index in [1.54, 1.807) is 6.92 Å². The molecule has 2 heterocycles. The molecule has 2 atom stereocenters. The number of aliphatic hydroxyl groups is 1. The first-order chi connectivity index (χ1) is 14.5. The molecule has 1 unspecified atom stereocenters. The number of benzene rings is 1. The summed E-state index contributed by atoms with van der Waals surface area (Å²) < 4.78 is 42.9. The molecule has 31 heavy (non-hydrogen) atoms. The molecule has 0 radical (unpaired) electrons. The molecule has 0 saturated heterocycles. The number of nitrogens with one attached hydrogen (secondary N) is 1. The number of nitrogens with two attached hydrogens (primary N) is 1. The van der Waals surface area contributed by atoms with Crippen molar-refractivity contribution >= 4 is 21.8 Å². The average molecular weight is 502 g/mol. The molecule has 0 spiro atoms. The fraction of sp³-hybridized carbons (Fsp3) is 0.235. The third-order valence-electron chi connectivity index (χ3n) is 3.87. The number of hydrogen-bond acceptors (Lipinski definition) is 8. The van der Waals surface area contributed by atoms with Gasteiger partial charge in [-0.1, -0.05) is 15.9 Å². The van der Waals surface area contributed by atoms with Gasteiger partial charge in [0.15, 0.2) is 11.6 Å². The van der Waals surface area contributed by atoms with Gasteiger partial charge in [0.1, 0.15) is 24.6 Å². The molecule has 0 saturated carbocycles. The van der Waals surface area contributed by atoms with Gasteiger partial charge in [-0.15, -0.1) is 13.2 Å². The number of carbonyl (C=O) groups excluding carboxylic acids is 1. The third kappa shape index (κ3) is 5.74. The van der Waals surface area contributed by atoms with Crippen LogP contribution >= 0.6 is 15.9 Å². The Balaban J connectivity index is 1.82. The molecule has 1 aromatic carbocycles. The van der Waals surface area contributed by atoms with E-state index < -0.39 is 30.3 Å². The molecule has 0 fully saturated rings. The second kappa shape index (κ2) is 8.95. The molecule has 14 heteroatoms. The predicted octanol–water partition coefficient (Wildman–Crippen LogP) is 2.16. The first kappa shape index (κ1) is 22.6. The first-order valence-corrected chi connectivity index (χ1v) is 9.36. The molecule has 0 aliphatic rings. The summed E-state index contributed by atoms with van der Waals surface area (Å²) in [5.41, 5.74) is 5.49. The highest BCUT2D eigenvalue weighted by molar-refractivity contribution is 9.10. The van der Waals surface area contributed by atoms with Crippen LogP contribution in [0.5, 0.6) is 5.75 Å². The van der Waals surface area contributed by atoms with E-state index in [4.69, 9.17) is 5.73 Å². The van der Waals surface area contributed by atoms with Crippen molar-refractivity contribution in [1.29, 1.82) is 0 Å². The van der Waals surface area contributed by atoms with E-state index in [0.29, 0.717) is 0 Å². The van der Waals surface area contributed by atoms with Crippen molar-refractivity contribution in [1.82, 2.24) is 30.0 Å². The minimum atomic E-state index is -4.90. The minimum absolute atomic E-state index is 0.0675. The highest BCUT2D eigenvalue weighted by Crippen LogP contribution is 2.27. The van der Waals surface area contributed by atoms with Gasteiger partial charge in [0, 0.05) is 16.1 Å². The van der Waals surface area contributed by atoms with E-state index in [9.17, 15) is 23.1 Å². The fourth-order valence-electron chi connectivity index (χ4n) is 2.59. The van der Waals surface area contributed by atoms with Gasteiger partial charge in [-0.25, -0.2) is 15.0 Å². The molecule has 1 amide bonds. The van der Waals surface area contributed by atoms with E-state index in [2.05, 4.69) is 46.0 Å². The van der Waals surface area contributed by atoms with Gasteiger partial charge in [-0.3, -0.25) is 4.79 Å². The van der Waals surface area contributed by atoms with E-state index >= 15 is 0 Å². The average Bonchev–Trinajstić information content (AvgIpc) is 3.16. The van der Waals surface area contributed by atoms with Crippen molar-refractivity contribution in [3.05, 3.63) is 58.5 Å². The van der Waals surface area contributed by atoms with Crippen LogP contribution in [0, 0.1) is 0 Å². The topological polar surface area (TPSA) is 141 Å². The van der Waals surface area contributed by atoms with Gasteiger partial charge in [0.2, 0.25) is 0 Å². The lowest BCUT2D eigenvalue weighted by Crippen LogP contribution is -2.29. The Kier molecular flexibility index (Phi) is 6.52. The molecular weight excluding hydrogens is 487 g/mol. The second-order valence-electron chi connectivity index (χ2n) is 6.19. The van der Waals surface area contributed by atoms with Crippen LogP contribution in [0.4, 0.5) is 13.2 Å². The summed E-state index contributed by atoms with van der Waals surface area (Å²) in [7, 11) is 0. The Morgan fingerprint density at radius 2 is 1.97 bits per heavy atom. The highest BCUT2D eigenvalue weighted by atomic mass is 79.9. The Morgan fingerprint density at radius 3 is 2.65 bits per heavy atom.